The molecule has 29 heavy (non-hydrogen) atoms. The van der Waals surface area contributed by atoms with Gasteiger partial charge in [-0.2, -0.15) is 11.8 Å². The summed E-state index contributed by atoms with van der Waals surface area (Å²) in [6, 6.07) is 18.0. The number of benzene rings is 2. The number of hydrogen-bond donors (Lipinski definition) is 1. The van der Waals surface area contributed by atoms with Crippen molar-refractivity contribution < 1.29 is 9.90 Å². The molecule has 0 bridgehead atoms. The number of para-hydroxylation sites is 1. The maximum absolute atomic E-state index is 12.9. The van der Waals surface area contributed by atoms with Gasteiger partial charge in [0.25, 0.3) is 0 Å². The molecule has 2 heterocycles. The summed E-state index contributed by atoms with van der Waals surface area (Å²) < 4.78 is 0. The van der Waals surface area contributed by atoms with Crippen LogP contribution in [-0.4, -0.2) is 72.1 Å². The number of hydrogen-bond acceptors (Lipinski definition) is 5. The fourth-order valence-electron chi connectivity index (χ4n) is 4.26. The Bertz CT molecular complexity index is 839. The first kappa shape index (κ1) is 20.3. The number of piperazine rings is 1. The Labute approximate surface area is 177 Å². The number of nitrogens with zero attached hydrogens (tertiary/aromatic N) is 3. The average molecular weight is 412 g/mol. The SMILES string of the molecule is CN1CCN(c2ccccc2C(O)(Cc2ccccc2)N2CCSCC2=O)CC1. The van der Waals surface area contributed by atoms with Gasteiger partial charge in [-0.25, -0.2) is 0 Å². The lowest BCUT2D eigenvalue weighted by atomic mass is 9.91. The molecule has 5 nitrogen and oxygen atoms in total. The van der Waals surface area contributed by atoms with Gasteiger partial charge in [-0.05, 0) is 18.7 Å². The highest BCUT2D eigenvalue weighted by atomic mass is 32.2. The molecule has 154 valence electrons. The Kier molecular flexibility index (Phi) is 6.13. The molecule has 1 amide bonds. The van der Waals surface area contributed by atoms with Gasteiger partial charge in [-0.3, -0.25) is 4.79 Å². The van der Waals surface area contributed by atoms with Crippen molar-refractivity contribution in [1.29, 1.82) is 0 Å². The fraction of sp³-hybridized carbons (Fsp3) is 0.435. The number of thioether (sulfide) groups is 1. The number of aliphatic hydroxyl groups is 1. The number of amides is 1. The van der Waals surface area contributed by atoms with E-state index >= 15 is 0 Å². The maximum Gasteiger partial charge on any atom is 0.235 e. The molecular formula is C23H29N3O2S. The van der Waals surface area contributed by atoms with Gasteiger partial charge in [0, 0.05) is 56.1 Å². The number of likely N-dealkylation sites (N-methyl/N-ethyl adjacent to an activating group) is 1. The molecule has 0 aromatic heterocycles. The minimum atomic E-state index is -1.36. The number of anilines is 1. The van der Waals surface area contributed by atoms with Crippen molar-refractivity contribution in [2.45, 2.75) is 12.1 Å². The third-order valence-corrected chi connectivity index (χ3v) is 6.83. The molecule has 1 unspecified atom stereocenters. The average Bonchev–Trinajstić information content (AvgIpc) is 2.75. The second-order valence-corrected chi connectivity index (χ2v) is 8.99. The van der Waals surface area contributed by atoms with Crippen LogP contribution in [0.3, 0.4) is 0 Å². The Morgan fingerprint density at radius 2 is 1.66 bits per heavy atom. The zero-order valence-corrected chi connectivity index (χ0v) is 17.8. The topological polar surface area (TPSA) is 47.0 Å². The van der Waals surface area contributed by atoms with E-state index in [2.05, 4.69) is 22.9 Å². The molecular weight excluding hydrogens is 382 g/mol. The van der Waals surface area contributed by atoms with Gasteiger partial charge < -0.3 is 19.8 Å². The van der Waals surface area contributed by atoms with Gasteiger partial charge in [0.15, 0.2) is 5.72 Å². The van der Waals surface area contributed by atoms with Crippen molar-refractivity contribution in [3.63, 3.8) is 0 Å². The zero-order valence-electron chi connectivity index (χ0n) is 17.0. The van der Waals surface area contributed by atoms with Crippen LogP contribution in [0.5, 0.6) is 0 Å². The molecule has 1 N–H and O–H groups in total. The maximum atomic E-state index is 12.9. The minimum Gasteiger partial charge on any atom is -0.369 e. The summed E-state index contributed by atoms with van der Waals surface area (Å²) in [7, 11) is 2.14. The summed E-state index contributed by atoms with van der Waals surface area (Å²) in [4.78, 5) is 19.2. The van der Waals surface area contributed by atoms with Crippen LogP contribution in [0.15, 0.2) is 54.6 Å². The van der Waals surface area contributed by atoms with E-state index in [4.69, 9.17) is 0 Å². The van der Waals surface area contributed by atoms with Crippen LogP contribution in [0.4, 0.5) is 5.69 Å². The first-order valence-electron chi connectivity index (χ1n) is 10.3. The summed E-state index contributed by atoms with van der Waals surface area (Å²) in [5.74, 6) is 1.28. The molecule has 4 rings (SSSR count). The van der Waals surface area contributed by atoms with E-state index in [1.54, 1.807) is 16.7 Å². The van der Waals surface area contributed by atoms with Crippen molar-refractivity contribution in [2.24, 2.45) is 0 Å². The summed E-state index contributed by atoms with van der Waals surface area (Å²) >= 11 is 1.64. The summed E-state index contributed by atoms with van der Waals surface area (Å²) in [5, 5.41) is 12.2. The zero-order chi connectivity index (χ0) is 20.3. The van der Waals surface area contributed by atoms with E-state index in [-0.39, 0.29) is 5.91 Å². The lowest BCUT2D eigenvalue weighted by Gasteiger charge is -2.45. The van der Waals surface area contributed by atoms with E-state index in [1.165, 1.54) is 0 Å². The van der Waals surface area contributed by atoms with E-state index < -0.39 is 5.72 Å². The second-order valence-electron chi connectivity index (χ2n) is 7.88. The number of carbonyl (C=O) groups is 1. The smallest absolute Gasteiger partial charge is 0.235 e. The molecule has 0 radical (unpaired) electrons. The molecule has 0 saturated carbocycles. The highest BCUT2D eigenvalue weighted by Gasteiger charge is 2.42. The molecule has 2 aliphatic rings. The van der Waals surface area contributed by atoms with Crippen LogP contribution in [0.1, 0.15) is 11.1 Å². The highest BCUT2D eigenvalue weighted by Crippen LogP contribution is 2.38. The van der Waals surface area contributed by atoms with Crippen molar-refractivity contribution in [3.8, 4) is 0 Å². The van der Waals surface area contributed by atoms with Crippen LogP contribution in [0.2, 0.25) is 0 Å². The van der Waals surface area contributed by atoms with Crippen LogP contribution in [0, 0.1) is 0 Å². The lowest BCUT2D eigenvalue weighted by molar-refractivity contribution is -0.160. The molecule has 2 aliphatic heterocycles. The third kappa shape index (κ3) is 4.29. The van der Waals surface area contributed by atoms with Gasteiger partial charge in [0.05, 0.1) is 5.75 Å². The van der Waals surface area contributed by atoms with Gasteiger partial charge in [0.1, 0.15) is 0 Å². The normalized spacial score (nSPS) is 20.6. The van der Waals surface area contributed by atoms with Crippen LogP contribution in [0.25, 0.3) is 0 Å². The van der Waals surface area contributed by atoms with E-state index in [0.29, 0.717) is 18.7 Å². The summed E-state index contributed by atoms with van der Waals surface area (Å²) in [6.45, 7) is 4.37. The van der Waals surface area contributed by atoms with Crippen LogP contribution < -0.4 is 4.90 Å². The van der Waals surface area contributed by atoms with E-state index in [1.807, 2.05) is 48.5 Å². The molecule has 2 aromatic carbocycles. The molecule has 0 aliphatic carbocycles. The first-order chi connectivity index (χ1) is 14.1. The molecule has 6 heteroatoms. The van der Waals surface area contributed by atoms with E-state index in [9.17, 15) is 9.90 Å². The quantitative estimate of drug-likeness (QED) is 0.819. The Hall–Kier alpha value is -2.02. The fourth-order valence-corrected chi connectivity index (χ4v) is 5.05. The number of carbonyl (C=O) groups excluding carboxylic acids is 1. The molecule has 1 atom stereocenters. The Morgan fingerprint density at radius 3 is 2.38 bits per heavy atom. The first-order valence-corrected chi connectivity index (χ1v) is 11.4. The highest BCUT2D eigenvalue weighted by molar-refractivity contribution is 8.00. The molecule has 2 fully saturated rings. The standard InChI is InChI=1S/C23H29N3O2S/c1-24-11-13-25(14-12-24)21-10-6-5-9-20(21)23(28,17-19-7-3-2-4-8-19)26-15-16-29-18-22(26)27/h2-10,28H,11-18H2,1H3. The second kappa shape index (κ2) is 8.78. The Balaban J connectivity index is 1.76. The van der Waals surface area contributed by atoms with Crippen molar-refractivity contribution in [1.82, 2.24) is 9.80 Å². The predicted octanol–water partition coefficient (Wildman–Crippen LogP) is 2.40. The molecule has 0 spiro atoms. The predicted molar refractivity (Wildman–Crippen MR) is 119 cm³/mol. The monoisotopic (exact) mass is 411 g/mol. The lowest BCUT2D eigenvalue weighted by Crippen LogP contribution is -2.55. The summed E-state index contributed by atoms with van der Waals surface area (Å²) in [5.41, 5.74) is 1.52. The van der Waals surface area contributed by atoms with Gasteiger partial charge in [-0.1, -0.05) is 48.5 Å². The summed E-state index contributed by atoms with van der Waals surface area (Å²) in [6.07, 6.45) is 0.384. The van der Waals surface area contributed by atoms with Gasteiger partial charge in [0.2, 0.25) is 5.91 Å². The van der Waals surface area contributed by atoms with Crippen molar-refractivity contribution >= 4 is 23.4 Å². The van der Waals surface area contributed by atoms with Crippen LogP contribution in [-0.2, 0) is 16.9 Å². The Morgan fingerprint density at radius 1 is 0.966 bits per heavy atom. The molecule has 2 aromatic rings. The van der Waals surface area contributed by atoms with Crippen molar-refractivity contribution in [3.05, 3.63) is 65.7 Å². The molecule has 2 saturated heterocycles. The largest absolute Gasteiger partial charge is 0.369 e. The van der Waals surface area contributed by atoms with Gasteiger partial charge >= 0.3 is 0 Å². The van der Waals surface area contributed by atoms with E-state index in [0.717, 1.165) is 48.7 Å². The van der Waals surface area contributed by atoms with Gasteiger partial charge in [-0.15, -0.1) is 0 Å². The third-order valence-electron chi connectivity index (χ3n) is 5.91. The minimum absolute atomic E-state index is 0.00728. The van der Waals surface area contributed by atoms with Crippen molar-refractivity contribution in [2.75, 3.05) is 56.2 Å². The number of rotatable bonds is 5. The van der Waals surface area contributed by atoms with Crippen LogP contribution >= 0.6 is 11.8 Å².